The number of alkyl halides is 5. The van der Waals surface area contributed by atoms with Crippen LogP contribution < -0.4 is 5.32 Å². The van der Waals surface area contributed by atoms with E-state index in [0.717, 1.165) is 11.8 Å². The van der Waals surface area contributed by atoms with E-state index in [1.807, 2.05) is 0 Å². The Morgan fingerprint density at radius 2 is 1.92 bits per heavy atom. The number of hydrogen-bond donors (Lipinski definition) is 1. The fourth-order valence-corrected chi connectivity index (χ4v) is 2.98. The highest BCUT2D eigenvalue weighted by Gasteiger charge is 2.58. The summed E-state index contributed by atoms with van der Waals surface area (Å²) in [6.45, 7) is 1.32. The monoisotopic (exact) mass is 424 g/mol. The second-order valence-corrected chi connectivity index (χ2v) is 7.22. The summed E-state index contributed by atoms with van der Waals surface area (Å²) in [5.41, 5.74) is -1.04. The molecule has 0 fully saturated rings. The van der Waals surface area contributed by atoms with Gasteiger partial charge in [0.2, 0.25) is 5.12 Å². The van der Waals surface area contributed by atoms with Crippen LogP contribution in [0, 0.1) is 10.1 Å². The van der Waals surface area contributed by atoms with Crippen molar-refractivity contribution in [3.05, 3.63) is 27.3 Å². The van der Waals surface area contributed by atoms with Gasteiger partial charge in [0.15, 0.2) is 0 Å². The Hall–Kier alpha value is -1.27. The summed E-state index contributed by atoms with van der Waals surface area (Å²) in [4.78, 5) is 20.8. The first kappa shape index (κ1) is 21.8. The van der Waals surface area contributed by atoms with E-state index in [1.54, 1.807) is 6.92 Å². The van der Waals surface area contributed by atoms with Gasteiger partial charge in [0.05, 0.1) is 16.5 Å². The van der Waals surface area contributed by atoms with Gasteiger partial charge in [-0.25, -0.2) is 0 Å². The summed E-state index contributed by atoms with van der Waals surface area (Å²) in [6.07, 6.45) is -5.83. The van der Waals surface area contributed by atoms with Gasteiger partial charge in [0.25, 0.3) is 5.69 Å². The minimum atomic E-state index is -5.83. The molecular weight excluding hydrogens is 415 g/mol. The molecule has 0 spiro atoms. The van der Waals surface area contributed by atoms with Crippen LogP contribution in [0.1, 0.15) is 6.92 Å². The molecule has 0 bridgehead atoms. The Morgan fingerprint density at radius 3 is 2.40 bits per heavy atom. The van der Waals surface area contributed by atoms with Crippen LogP contribution in [-0.2, 0) is 4.79 Å². The van der Waals surface area contributed by atoms with Crippen molar-refractivity contribution in [2.45, 2.75) is 23.3 Å². The van der Waals surface area contributed by atoms with Gasteiger partial charge in [0.1, 0.15) is 5.69 Å². The zero-order valence-corrected chi connectivity index (χ0v) is 14.7. The molecule has 0 saturated heterocycles. The molecule has 0 unspecified atom stereocenters. The van der Waals surface area contributed by atoms with Crippen molar-refractivity contribution < 1.29 is 31.7 Å². The summed E-state index contributed by atoms with van der Waals surface area (Å²) < 4.78 is 63.3. The fraction of sp³-hybridized carbons (Fsp3) is 0.417. The van der Waals surface area contributed by atoms with E-state index < -0.39 is 43.7 Å². The summed E-state index contributed by atoms with van der Waals surface area (Å²) in [7, 11) is 0. The quantitative estimate of drug-likeness (QED) is 0.281. The maximum absolute atomic E-state index is 13.2. The third-order valence-electron chi connectivity index (χ3n) is 2.54. The van der Waals surface area contributed by atoms with Crippen LogP contribution in [0.5, 0.6) is 0 Å². The zero-order chi connectivity index (χ0) is 19.4. The second kappa shape index (κ2) is 8.41. The van der Waals surface area contributed by atoms with Crippen molar-refractivity contribution in [3.8, 4) is 0 Å². The Morgan fingerprint density at radius 1 is 1.32 bits per heavy atom. The number of hydrogen-bond acceptors (Lipinski definition) is 6. The maximum atomic E-state index is 13.2. The molecule has 1 N–H and O–H groups in total. The number of anilines is 1. The molecule has 0 aliphatic carbocycles. The second-order valence-electron chi connectivity index (χ2n) is 4.33. The van der Waals surface area contributed by atoms with Crippen LogP contribution >= 0.6 is 35.1 Å². The highest BCUT2D eigenvalue weighted by Crippen LogP contribution is 2.50. The Labute approximate surface area is 151 Å². The normalized spacial score (nSPS) is 12.1. The zero-order valence-electron chi connectivity index (χ0n) is 12.3. The van der Waals surface area contributed by atoms with E-state index in [2.05, 4.69) is 5.32 Å². The smallest absolute Gasteiger partial charge is 0.371 e. The van der Waals surface area contributed by atoms with Crippen LogP contribution in [0.15, 0.2) is 17.0 Å². The van der Waals surface area contributed by atoms with E-state index in [1.165, 1.54) is 0 Å². The number of nitro benzene ring substituents is 1. The average molecular weight is 425 g/mol. The van der Waals surface area contributed by atoms with E-state index in [9.17, 15) is 36.9 Å². The number of rotatable bonds is 7. The first-order chi connectivity index (χ1) is 11.4. The maximum Gasteiger partial charge on any atom is 0.464 e. The predicted molar refractivity (Wildman–Crippen MR) is 86.6 cm³/mol. The van der Waals surface area contributed by atoms with E-state index in [4.69, 9.17) is 11.6 Å². The lowest BCUT2D eigenvalue weighted by Crippen LogP contribution is -2.32. The molecule has 0 aromatic heterocycles. The van der Waals surface area contributed by atoms with Gasteiger partial charge in [-0.3, -0.25) is 14.9 Å². The van der Waals surface area contributed by atoms with Crippen molar-refractivity contribution in [2.75, 3.05) is 17.6 Å². The molecule has 0 aliphatic rings. The van der Waals surface area contributed by atoms with Crippen LogP contribution in [0.2, 0.25) is 5.02 Å². The third-order valence-corrected chi connectivity index (χ3v) is 4.77. The van der Waals surface area contributed by atoms with Crippen molar-refractivity contribution >= 4 is 51.6 Å². The highest BCUT2D eigenvalue weighted by molar-refractivity contribution is 8.13. The minimum absolute atomic E-state index is 0.374. The molecule has 13 heteroatoms. The molecule has 0 saturated carbocycles. The molecule has 0 amide bonds. The molecule has 0 atom stereocenters. The number of carbonyl (C=O) groups excluding carboxylic acids is 1. The number of nitro groups is 1. The first-order valence-electron chi connectivity index (χ1n) is 6.40. The molecule has 140 valence electrons. The van der Waals surface area contributed by atoms with Gasteiger partial charge in [-0.2, -0.15) is 22.0 Å². The Kier molecular flexibility index (Phi) is 7.32. The molecule has 0 radical (unpaired) electrons. The van der Waals surface area contributed by atoms with Gasteiger partial charge in [-0.1, -0.05) is 30.3 Å². The SMILES string of the molecule is CCSC(=O)CNc1cc(SC(F)(F)C(F)(F)F)c(Cl)cc1[N+](=O)[O-]. The molecule has 1 rings (SSSR count). The molecule has 5 nitrogen and oxygen atoms in total. The lowest BCUT2D eigenvalue weighted by Gasteiger charge is -2.19. The number of carbonyl (C=O) groups is 1. The number of nitrogens with one attached hydrogen (secondary N) is 1. The van der Waals surface area contributed by atoms with Gasteiger partial charge < -0.3 is 5.32 Å². The topological polar surface area (TPSA) is 72.2 Å². The third kappa shape index (κ3) is 5.89. The molecule has 0 heterocycles. The summed E-state index contributed by atoms with van der Waals surface area (Å²) >= 11 is 5.62. The molecule has 1 aromatic rings. The summed E-state index contributed by atoms with van der Waals surface area (Å²) in [5, 5.41) is 7.18. The number of benzene rings is 1. The fourth-order valence-electron chi connectivity index (χ4n) is 1.49. The van der Waals surface area contributed by atoms with Gasteiger partial charge in [-0.15, -0.1) is 0 Å². The van der Waals surface area contributed by atoms with Crippen molar-refractivity contribution in [1.29, 1.82) is 0 Å². The van der Waals surface area contributed by atoms with Gasteiger partial charge in [-0.05, 0) is 23.6 Å². The van der Waals surface area contributed by atoms with Crippen LogP contribution in [0.3, 0.4) is 0 Å². The van der Waals surface area contributed by atoms with E-state index in [0.29, 0.717) is 17.9 Å². The lowest BCUT2D eigenvalue weighted by molar-refractivity contribution is -0.384. The largest absolute Gasteiger partial charge is 0.464 e. The molecular formula is C12H10ClF5N2O3S2. The van der Waals surface area contributed by atoms with E-state index >= 15 is 0 Å². The van der Waals surface area contributed by atoms with Crippen LogP contribution in [0.25, 0.3) is 0 Å². The first-order valence-corrected chi connectivity index (χ1v) is 8.58. The minimum Gasteiger partial charge on any atom is -0.371 e. The van der Waals surface area contributed by atoms with Crippen molar-refractivity contribution in [2.24, 2.45) is 0 Å². The summed E-state index contributed by atoms with van der Waals surface area (Å²) in [5.74, 6) is 0.447. The van der Waals surface area contributed by atoms with Gasteiger partial charge >= 0.3 is 11.4 Å². The molecule has 0 aliphatic heterocycles. The molecule has 25 heavy (non-hydrogen) atoms. The highest BCUT2D eigenvalue weighted by atomic mass is 35.5. The van der Waals surface area contributed by atoms with Crippen molar-refractivity contribution in [1.82, 2.24) is 0 Å². The molecule has 1 aromatic carbocycles. The number of nitrogens with zero attached hydrogens (tertiary/aromatic N) is 1. The lowest BCUT2D eigenvalue weighted by atomic mass is 10.2. The average Bonchev–Trinajstić information content (AvgIpc) is 2.46. The van der Waals surface area contributed by atoms with E-state index in [-0.39, 0.29) is 17.3 Å². The Balaban J connectivity index is 3.18. The van der Waals surface area contributed by atoms with Gasteiger partial charge in [0, 0.05) is 11.0 Å². The van der Waals surface area contributed by atoms with Crippen LogP contribution in [-0.4, -0.2) is 33.8 Å². The number of halogens is 6. The van der Waals surface area contributed by atoms with Crippen molar-refractivity contribution in [3.63, 3.8) is 0 Å². The Bertz CT molecular complexity index is 673. The standard InChI is InChI=1S/C12H10ClF5N2O3S2/c1-2-24-10(21)5-19-7-4-9(6(13)3-8(7)20(22)23)25-12(17,18)11(14,15)16/h3-4,19H,2,5H2,1H3. The number of thioether (sulfide) groups is 2. The van der Waals surface area contributed by atoms with Crippen LogP contribution in [0.4, 0.5) is 33.3 Å². The predicted octanol–water partition coefficient (Wildman–Crippen LogP) is 5.19. The summed E-state index contributed by atoms with van der Waals surface area (Å²) in [6, 6.07) is 1.34.